The smallest absolute Gasteiger partial charge is 0.0902 e. The molecule has 0 aliphatic carbocycles. The van der Waals surface area contributed by atoms with Crippen LogP contribution in [0.2, 0.25) is 0 Å². The molecule has 1 rings (SSSR count). The van der Waals surface area contributed by atoms with E-state index in [2.05, 4.69) is 36.1 Å². The van der Waals surface area contributed by atoms with Gasteiger partial charge in [-0.05, 0) is 6.92 Å². The van der Waals surface area contributed by atoms with E-state index in [-0.39, 0.29) is 24.0 Å². The molecule has 0 aromatic heterocycles. The van der Waals surface area contributed by atoms with Crippen molar-refractivity contribution in [2.24, 2.45) is 0 Å². The van der Waals surface area contributed by atoms with Crippen LogP contribution in [0, 0.1) is 0 Å². The highest BCUT2D eigenvalue weighted by atomic mass is 127. The topological polar surface area (TPSA) is 6.48 Å². The van der Waals surface area contributed by atoms with Crippen LogP contribution in [0.3, 0.4) is 0 Å². The molecule has 0 saturated heterocycles. The Bertz CT molecular complexity index is 211. The number of nitrogens with zero attached hydrogens (tertiary/aromatic N) is 2. The second-order valence-corrected chi connectivity index (χ2v) is 2.98. The van der Waals surface area contributed by atoms with E-state index in [1.54, 1.807) is 0 Å². The maximum atomic E-state index is 3.72. The van der Waals surface area contributed by atoms with Crippen molar-refractivity contribution in [3.05, 3.63) is 37.2 Å². The molecule has 0 fully saturated rings. The minimum atomic E-state index is 0. The van der Waals surface area contributed by atoms with E-state index in [0.29, 0.717) is 0 Å². The van der Waals surface area contributed by atoms with Crippen LogP contribution in [-0.4, -0.2) is 29.6 Å². The number of allylic oxidation sites excluding steroid dienone is 1. The predicted octanol–water partition coefficient (Wildman–Crippen LogP) is 2.41. The molecule has 0 N–H and O–H groups in total. The molecular weight excluding hydrogens is 275 g/mol. The molecule has 1 aliphatic heterocycles. The Morgan fingerprint density at radius 2 is 2.00 bits per heavy atom. The van der Waals surface area contributed by atoms with Crippen LogP contribution in [0.15, 0.2) is 37.2 Å². The van der Waals surface area contributed by atoms with Crippen molar-refractivity contribution < 1.29 is 0 Å². The van der Waals surface area contributed by atoms with Gasteiger partial charge in [0.25, 0.3) is 0 Å². The molecule has 0 aromatic rings. The average Bonchev–Trinajstić information content (AvgIpc) is 2.34. The molecule has 1 heterocycles. The Morgan fingerprint density at radius 3 is 2.54 bits per heavy atom. The molecular formula is C10H17IN2. The standard InChI is InChI=1S/C10H16N2.HI/c1-4-6-11-8-10(3)12(9-11)7-5-2;/h4-5,8H,1-2,6-7,9H2,3H3;1H. The first-order valence-corrected chi connectivity index (χ1v) is 4.17. The van der Waals surface area contributed by atoms with E-state index in [1.165, 1.54) is 5.70 Å². The van der Waals surface area contributed by atoms with Gasteiger partial charge in [-0.3, -0.25) is 0 Å². The van der Waals surface area contributed by atoms with Gasteiger partial charge in [0.1, 0.15) is 0 Å². The Balaban J connectivity index is 0.00000144. The van der Waals surface area contributed by atoms with Gasteiger partial charge in [-0.15, -0.1) is 37.1 Å². The van der Waals surface area contributed by atoms with Gasteiger partial charge in [0, 0.05) is 25.0 Å². The first kappa shape index (κ1) is 12.6. The largest absolute Gasteiger partial charge is 0.355 e. The Kier molecular flexibility index (Phi) is 5.86. The number of hydrogen-bond donors (Lipinski definition) is 0. The van der Waals surface area contributed by atoms with Crippen molar-refractivity contribution in [3.8, 4) is 0 Å². The molecule has 0 spiro atoms. The van der Waals surface area contributed by atoms with Crippen LogP contribution in [-0.2, 0) is 0 Å². The second-order valence-electron chi connectivity index (χ2n) is 2.98. The van der Waals surface area contributed by atoms with Crippen molar-refractivity contribution >= 4 is 24.0 Å². The summed E-state index contributed by atoms with van der Waals surface area (Å²) in [6.45, 7) is 12.4. The summed E-state index contributed by atoms with van der Waals surface area (Å²) in [5, 5.41) is 0. The fraction of sp³-hybridized carbons (Fsp3) is 0.400. The van der Waals surface area contributed by atoms with Gasteiger partial charge in [-0.25, -0.2) is 0 Å². The molecule has 0 bridgehead atoms. The molecule has 13 heavy (non-hydrogen) atoms. The Morgan fingerprint density at radius 1 is 1.38 bits per heavy atom. The van der Waals surface area contributed by atoms with Gasteiger partial charge in [-0.2, -0.15) is 0 Å². The van der Waals surface area contributed by atoms with E-state index in [0.717, 1.165) is 19.8 Å². The maximum absolute atomic E-state index is 3.72. The van der Waals surface area contributed by atoms with Crippen molar-refractivity contribution in [2.45, 2.75) is 6.92 Å². The highest BCUT2D eigenvalue weighted by Gasteiger charge is 2.14. The van der Waals surface area contributed by atoms with Gasteiger partial charge in [-0.1, -0.05) is 12.2 Å². The van der Waals surface area contributed by atoms with E-state index < -0.39 is 0 Å². The molecule has 0 aromatic carbocycles. The number of halogens is 1. The molecule has 0 radical (unpaired) electrons. The predicted molar refractivity (Wildman–Crippen MR) is 67.8 cm³/mol. The highest BCUT2D eigenvalue weighted by Crippen LogP contribution is 2.13. The third-order valence-electron chi connectivity index (χ3n) is 1.93. The lowest BCUT2D eigenvalue weighted by Crippen LogP contribution is -2.26. The van der Waals surface area contributed by atoms with Crippen molar-refractivity contribution in [1.82, 2.24) is 9.80 Å². The van der Waals surface area contributed by atoms with Crippen molar-refractivity contribution in [3.63, 3.8) is 0 Å². The lowest BCUT2D eigenvalue weighted by atomic mass is 10.4. The molecule has 2 nitrogen and oxygen atoms in total. The van der Waals surface area contributed by atoms with E-state index in [4.69, 9.17) is 0 Å². The van der Waals surface area contributed by atoms with E-state index in [9.17, 15) is 0 Å². The third kappa shape index (κ3) is 3.42. The summed E-state index contributed by atoms with van der Waals surface area (Å²) >= 11 is 0. The van der Waals surface area contributed by atoms with E-state index >= 15 is 0 Å². The molecule has 0 amide bonds. The van der Waals surface area contributed by atoms with Crippen LogP contribution in [0.5, 0.6) is 0 Å². The molecule has 1 aliphatic rings. The lowest BCUT2D eigenvalue weighted by molar-refractivity contribution is 0.289. The summed E-state index contributed by atoms with van der Waals surface area (Å²) in [7, 11) is 0. The van der Waals surface area contributed by atoms with Crippen molar-refractivity contribution in [1.29, 1.82) is 0 Å². The second kappa shape index (κ2) is 6.07. The summed E-state index contributed by atoms with van der Waals surface area (Å²) in [6.07, 6.45) is 6.00. The van der Waals surface area contributed by atoms with Crippen LogP contribution in [0.1, 0.15) is 6.92 Å². The first-order chi connectivity index (χ1) is 5.77. The minimum Gasteiger partial charge on any atom is -0.355 e. The highest BCUT2D eigenvalue weighted by molar-refractivity contribution is 14.0. The van der Waals surface area contributed by atoms with Crippen LogP contribution >= 0.6 is 24.0 Å². The van der Waals surface area contributed by atoms with Crippen LogP contribution in [0.4, 0.5) is 0 Å². The zero-order valence-corrected chi connectivity index (χ0v) is 10.4. The third-order valence-corrected chi connectivity index (χ3v) is 1.93. The van der Waals surface area contributed by atoms with Gasteiger partial charge in [0.2, 0.25) is 0 Å². The summed E-state index contributed by atoms with van der Waals surface area (Å²) in [5.74, 6) is 0. The van der Waals surface area contributed by atoms with Gasteiger partial charge in [0.15, 0.2) is 0 Å². The Hall–Kier alpha value is -0.450. The fourth-order valence-corrected chi connectivity index (χ4v) is 1.35. The maximum Gasteiger partial charge on any atom is 0.0902 e. The molecule has 74 valence electrons. The fourth-order valence-electron chi connectivity index (χ4n) is 1.35. The summed E-state index contributed by atoms with van der Waals surface area (Å²) < 4.78 is 0. The monoisotopic (exact) mass is 292 g/mol. The molecule has 0 saturated carbocycles. The lowest BCUT2D eigenvalue weighted by Gasteiger charge is -2.20. The summed E-state index contributed by atoms with van der Waals surface area (Å²) in [4.78, 5) is 4.50. The number of hydrogen-bond acceptors (Lipinski definition) is 2. The average molecular weight is 292 g/mol. The number of rotatable bonds is 4. The first-order valence-electron chi connectivity index (χ1n) is 4.17. The molecule has 0 atom stereocenters. The van der Waals surface area contributed by atoms with Crippen LogP contribution < -0.4 is 0 Å². The van der Waals surface area contributed by atoms with Gasteiger partial charge >= 0.3 is 0 Å². The van der Waals surface area contributed by atoms with E-state index in [1.807, 2.05) is 12.2 Å². The van der Waals surface area contributed by atoms with Gasteiger partial charge < -0.3 is 9.80 Å². The minimum absolute atomic E-state index is 0. The summed E-state index contributed by atoms with van der Waals surface area (Å²) in [6, 6.07) is 0. The zero-order chi connectivity index (χ0) is 8.97. The normalized spacial score (nSPS) is 15.0. The van der Waals surface area contributed by atoms with Crippen LogP contribution in [0.25, 0.3) is 0 Å². The van der Waals surface area contributed by atoms with Gasteiger partial charge in [0.05, 0.1) is 6.67 Å². The Labute approximate surface area is 97.6 Å². The molecule has 0 unspecified atom stereocenters. The molecule has 3 heteroatoms. The quantitative estimate of drug-likeness (QED) is 0.580. The zero-order valence-electron chi connectivity index (χ0n) is 8.07. The summed E-state index contributed by atoms with van der Waals surface area (Å²) in [5.41, 5.74) is 1.30. The SMILES string of the molecule is C=CCN1C=C(C)N(CC=C)C1.I. The van der Waals surface area contributed by atoms with Crippen molar-refractivity contribution in [2.75, 3.05) is 19.8 Å².